The van der Waals surface area contributed by atoms with E-state index in [0.717, 1.165) is 11.6 Å². The number of hydrogen-bond donors (Lipinski definition) is 0. The van der Waals surface area contributed by atoms with Gasteiger partial charge < -0.3 is 4.74 Å². The summed E-state index contributed by atoms with van der Waals surface area (Å²) in [6, 6.07) is 6.73. The van der Waals surface area contributed by atoms with Crippen LogP contribution in [-0.4, -0.2) is 20.9 Å². The highest BCUT2D eigenvalue weighted by molar-refractivity contribution is 7.85. The van der Waals surface area contributed by atoms with E-state index in [-0.39, 0.29) is 5.75 Å². The maximum absolute atomic E-state index is 12.7. The molecule has 2 aromatic carbocycles. The molecule has 0 aliphatic heterocycles. The summed E-state index contributed by atoms with van der Waals surface area (Å²) in [6.45, 7) is 3.47. The standard InChI is InChI=1S/C17H14F3NO5S/c1-10-3-4-11(2)14(7-10)26-16(22)9-27(25)15-6-5-12(17(18,19)20)8-13(15)21(23)24/h3-8H,9H2,1-2H3. The van der Waals surface area contributed by atoms with Gasteiger partial charge in [0.1, 0.15) is 16.4 Å². The lowest BCUT2D eigenvalue weighted by Gasteiger charge is -2.10. The number of rotatable bonds is 5. The van der Waals surface area contributed by atoms with Gasteiger partial charge in [-0.15, -0.1) is 0 Å². The predicted molar refractivity (Wildman–Crippen MR) is 90.9 cm³/mol. The highest BCUT2D eigenvalue weighted by Gasteiger charge is 2.34. The van der Waals surface area contributed by atoms with E-state index < -0.39 is 49.8 Å². The lowest BCUT2D eigenvalue weighted by atomic mass is 10.1. The molecule has 144 valence electrons. The number of carbonyl (C=O) groups excluding carboxylic acids is 1. The van der Waals surface area contributed by atoms with Crippen LogP contribution in [-0.2, 0) is 21.8 Å². The fourth-order valence-electron chi connectivity index (χ4n) is 2.18. The minimum absolute atomic E-state index is 0.249. The molecule has 0 fully saturated rings. The molecule has 27 heavy (non-hydrogen) atoms. The molecule has 0 bridgehead atoms. The average Bonchev–Trinajstić information content (AvgIpc) is 2.56. The maximum atomic E-state index is 12.7. The molecule has 0 saturated heterocycles. The topological polar surface area (TPSA) is 86.5 Å². The molecule has 0 spiro atoms. The molecule has 0 aromatic heterocycles. The number of benzene rings is 2. The molecule has 2 rings (SSSR count). The van der Waals surface area contributed by atoms with Gasteiger partial charge >= 0.3 is 12.1 Å². The number of aryl methyl sites for hydroxylation is 2. The van der Waals surface area contributed by atoms with Crippen LogP contribution in [0.4, 0.5) is 18.9 Å². The number of esters is 1. The van der Waals surface area contributed by atoms with Crippen molar-refractivity contribution >= 4 is 22.5 Å². The molecule has 6 nitrogen and oxygen atoms in total. The molecule has 0 aliphatic rings. The number of carbonyl (C=O) groups is 1. The first kappa shape index (κ1) is 20.6. The molecule has 0 aliphatic carbocycles. The van der Waals surface area contributed by atoms with Crippen molar-refractivity contribution in [2.75, 3.05) is 5.75 Å². The monoisotopic (exact) mass is 401 g/mol. The number of nitro groups is 1. The smallest absolute Gasteiger partial charge is 0.416 e. The van der Waals surface area contributed by atoms with Crippen molar-refractivity contribution in [3.63, 3.8) is 0 Å². The van der Waals surface area contributed by atoms with Crippen molar-refractivity contribution in [1.82, 2.24) is 0 Å². The fourth-order valence-corrected chi connectivity index (χ4v) is 3.20. The Morgan fingerprint density at radius 2 is 1.85 bits per heavy atom. The largest absolute Gasteiger partial charge is 0.426 e. The lowest BCUT2D eigenvalue weighted by molar-refractivity contribution is -0.388. The van der Waals surface area contributed by atoms with Crippen molar-refractivity contribution < 1.29 is 31.8 Å². The van der Waals surface area contributed by atoms with Gasteiger partial charge in [0.25, 0.3) is 5.69 Å². The summed E-state index contributed by atoms with van der Waals surface area (Å²) in [5, 5.41) is 11.1. The van der Waals surface area contributed by atoms with Crippen molar-refractivity contribution in [3.05, 3.63) is 63.2 Å². The minimum Gasteiger partial charge on any atom is -0.426 e. The second kappa shape index (κ2) is 7.87. The van der Waals surface area contributed by atoms with Gasteiger partial charge in [-0.2, -0.15) is 13.2 Å². The van der Waals surface area contributed by atoms with Crippen LogP contribution < -0.4 is 4.74 Å². The summed E-state index contributed by atoms with van der Waals surface area (Å²) < 4.78 is 55.6. The number of ether oxygens (including phenoxy) is 1. The first-order valence-corrected chi connectivity index (χ1v) is 8.83. The Labute approximate surface area is 154 Å². The molecule has 0 radical (unpaired) electrons. The van der Waals surface area contributed by atoms with E-state index in [0.29, 0.717) is 17.7 Å². The van der Waals surface area contributed by atoms with Gasteiger partial charge in [0, 0.05) is 6.07 Å². The number of alkyl halides is 3. The zero-order valence-corrected chi connectivity index (χ0v) is 15.0. The molecule has 2 aromatic rings. The van der Waals surface area contributed by atoms with Crippen LogP contribution in [0.5, 0.6) is 5.75 Å². The molecule has 0 heterocycles. The van der Waals surface area contributed by atoms with Crippen LogP contribution in [0.3, 0.4) is 0 Å². The summed E-state index contributed by atoms with van der Waals surface area (Å²) in [7, 11) is -2.25. The number of hydrogen-bond acceptors (Lipinski definition) is 5. The second-order valence-electron chi connectivity index (χ2n) is 5.67. The summed E-state index contributed by atoms with van der Waals surface area (Å²) in [5.41, 5.74) is -0.737. The Kier molecular flexibility index (Phi) is 5.99. The van der Waals surface area contributed by atoms with Crippen molar-refractivity contribution in [2.45, 2.75) is 24.9 Å². The Bertz CT molecular complexity index is 927. The van der Waals surface area contributed by atoms with E-state index in [4.69, 9.17) is 4.74 Å². The van der Waals surface area contributed by atoms with E-state index in [2.05, 4.69) is 0 Å². The van der Waals surface area contributed by atoms with Crippen LogP contribution in [0, 0.1) is 24.0 Å². The first-order chi connectivity index (χ1) is 12.5. The molecule has 1 atom stereocenters. The predicted octanol–water partition coefficient (Wildman–Crippen LogP) is 3.94. The molecular weight excluding hydrogens is 387 g/mol. The van der Waals surface area contributed by atoms with Crippen LogP contribution in [0.2, 0.25) is 0 Å². The third-order valence-corrected chi connectivity index (χ3v) is 4.88. The minimum atomic E-state index is -4.79. The summed E-state index contributed by atoms with van der Waals surface area (Å²) in [6.07, 6.45) is -4.79. The Morgan fingerprint density at radius 1 is 1.19 bits per heavy atom. The van der Waals surface area contributed by atoms with Crippen molar-refractivity contribution in [1.29, 1.82) is 0 Å². The number of halogens is 3. The average molecular weight is 401 g/mol. The summed E-state index contributed by atoms with van der Waals surface area (Å²) >= 11 is 0. The van der Waals surface area contributed by atoms with E-state index in [1.807, 2.05) is 0 Å². The van der Waals surface area contributed by atoms with Gasteiger partial charge in [-0.25, -0.2) is 0 Å². The van der Waals surface area contributed by atoms with Gasteiger partial charge in [-0.05, 0) is 43.2 Å². The van der Waals surface area contributed by atoms with E-state index >= 15 is 0 Å². The summed E-state index contributed by atoms with van der Waals surface area (Å²) in [4.78, 5) is 21.5. The van der Waals surface area contributed by atoms with E-state index in [9.17, 15) is 32.3 Å². The molecular formula is C17H14F3NO5S. The fraction of sp³-hybridized carbons (Fsp3) is 0.235. The third kappa shape index (κ3) is 5.13. The highest BCUT2D eigenvalue weighted by atomic mass is 32.2. The van der Waals surface area contributed by atoms with Crippen molar-refractivity contribution in [3.8, 4) is 5.75 Å². The molecule has 1 unspecified atom stereocenters. The first-order valence-electron chi connectivity index (χ1n) is 7.51. The quantitative estimate of drug-likeness (QED) is 0.328. The highest BCUT2D eigenvalue weighted by Crippen LogP contribution is 2.34. The molecule has 0 amide bonds. The third-order valence-electron chi connectivity index (χ3n) is 3.54. The molecule has 0 N–H and O–H groups in total. The van der Waals surface area contributed by atoms with Gasteiger partial charge in [0.05, 0.1) is 21.3 Å². The van der Waals surface area contributed by atoms with Gasteiger partial charge in [-0.3, -0.25) is 19.1 Å². The molecule has 10 heteroatoms. The molecule has 0 saturated carbocycles. The lowest BCUT2D eigenvalue weighted by Crippen LogP contribution is -2.18. The van der Waals surface area contributed by atoms with Gasteiger partial charge in [0.2, 0.25) is 0 Å². The zero-order valence-electron chi connectivity index (χ0n) is 14.2. The SMILES string of the molecule is Cc1ccc(C)c(OC(=O)CS(=O)c2ccc(C(F)(F)F)cc2[N+](=O)[O-])c1. The van der Waals surface area contributed by atoms with E-state index in [1.54, 1.807) is 32.0 Å². The van der Waals surface area contributed by atoms with Gasteiger partial charge in [-0.1, -0.05) is 12.1 Å². The van der Waals surface area contributed by atoms with E-state index in [1.165, 1.54) is 0 Å². The number of nitro benzene ring substituents is 1. The number of nitrogens with zero attached hydrogens (tertiary/aromatic N) is 1. The van der Waals surface area contributed by atoms with Crippen LogP contribution in [0.25, 0.3) is 0 Å². The summed E-state index contributed by atoms with van der Waals surface area (Å²) in [5.74, 6) is -1.41. The van der Waals surface area contributed by atoms with Crippen LogP contribution in [0.1, 0.15) is 16.7 Å². The maximum Gasteiger partial charge on any atom is 0.416 e. The second-order valence-corrected chi connectivity index (χ2v) is 7.09. The van der Waals surface area contributed by atoms with Gasteiger partial charge in [0.15, 0.2) is 0 Å². The van der Waals surface area contributed by atoms with Crippen LogP contribution >= 0.6 is 0 Å². The van der Waals surface area contributed by atoms with Crippen molar-refractivity contribution in [2.24, 2.45) is 0 Å². The normalized spacial score (nSPS) is 12.5. The zero-order chi connectivity index (χ0) is 20.4. The Hall–Kier alpha value is -2.75. The van der Waals surface area contributed by atoms with Crippen LogP contribution in [0.15, 0.2) is 41.3 Å². The Morgan fingerprint density at radius 3 is 2.44 bits per heavy atom. The Balaban J connectivity index is 2.23.